The Bertz CT molecular complexity index is 1520. The van der Waals surface area contributed by atoms with E-state index in [4.69, 9.17) is 4.98 Å². The van der Waals surface area contributed by atoms with Gasteiger partial charge in [-0.1, -0.05) is 42.5 Å². The Balaban J connectivity index is 1.03. The Morgan fingerprint density at radius 2 is 1.76 bits per heavy atom. The molecule has 3 N–H and O–H groups in total. The second-order valence-electron chi connectivity index (χ2n) is 9.92. The number of anilines is 1. The predicted octanol–water partition coefficient (Wildman–Crippen LogP) is 5.01. The summed E-state index contributed by atoms with van der Waals surface area (Å²) in [5, 5.41) is 7.76. The van der Waals surface area contributed by atoms with Crippen LogP contribution in [0.4, 0.5) is 10.3 Å². The standard InChI is InChI=1S/C30H31FN6O/c31-23-11-9-21(10-12-23)20-37-28-8-4-3-7-26(28)35-30(37)33-24-13-16-36(17-14-24)18-15-32-29(38)27-19-22-5-1-2-6-25(22)34-27/h1-12,19,24,34H,13-18,20H2,(H,32,38)(H,33,35). The maximum absolute atomic E-state index is 13.4. The molecule has 0 bridgehead atoms. The maximum Gasteiger partial charge on any atom is 0.267 e. The number of carbonyl (C=O) groups excluding carboxylic acids is 1. The first-order valence-corrected chi connectivity index (χ1v) is 13.2. The fourth-order valence-electron chi connectivity index (χ4n) is 5.22. The van der Waals surface area contributed by atoms with Crippen molar-refractivity contribution in [2.24, 2.45) is 0 Å². The third-order valence-electron chi connectivity index (χ3n) is 7.32. The van der Waals surface area contributed by atoms with E-state index in [9.17, 15) is 9.18 Å². The number of likely N-dealkylation sites (tertiary alicyclic amines) is 1. The zero-order valence-electron chi connectivity index (χ0n) is 21.2. The average molecular weight is 511 g/mol. The van der Waals surface area contributed by atoms with E-state index in [1.165, 1.54) is 12.1 Å². The highest BCUT2D eigenvalue weighted by Crippen LogP contribution is 2.24. The fourth-order valence-corrected chi connectivity index (χ4v) is 5.22. The molecule has 0 spiro atoms. The van der Waals surface area contributed by atoms with Crippen LogP contribution in [0.5, 0.6) is 0 Å². The number of hydrogen-bond acceptors (Lipinski definition) is 4. The van der Waals surface area contributed by atoms with Crippen molar-refractivity contribution < 1.29 is 9.18 Å². The summed E-state index contributed by atoms with van der Waals surface area (Å²) >= 11 is 0. The van der Waals surface area contributed by atoms with E-state index in [-0.39, 0.29) is 11.7 Å². The second kappa shape index (κ2) is 10.7. The van der Waals surface area contributed by atoms with Crippen molar-refractivity contribution in [1.29, 1.82) is 0 Å². The highest BCUT2D eigenvalue weighted by atomic mass is 19.1. The molecule has 5 aromatic rings. The molecule has 2 aromatic heterocycles. The number of aromatic nitrogens is 3. The molecule has 6 rings (SSSR count). The lowest BCUT2D eigenvalue weighted by Crippen LogP contribution is -2.43. The molecule has 1 amide bonds. The number of aromatic amines is 1. The Kier molecular flexibility index (Phi) is 6.79. The second-order valence-corrected chi connectivity index (χ2v) is 9.92. The molecule has 1 saturated heterocycles. The van der Waals surface area contributed by atoms with Crippen LogP contribution in [0.15, 0.2) is 78.9 Å². The number of halogens is 1. The van der Waals surface area contributed by atoms with E-state index < -0.39 is 0 Å². The lowest BCUT2D eigenvalue weighted by molar-refractivity contribution is 0.0942. The number of rotatable bonds is 8. The normalized spacial score (nSPS) is 14.8. The molecule has 194 valence electrons. The van der Waals surface area contributed by atoms with Gasteiger partial charge in [-0.3, -0.25) is 4.79 Å². The van der Waals surface area contributed by atoms with Crippen LogP contribution >= 0.6 is 0 Å². The summed E-state index contributed by atoms with van der Waals surface area (Å²) in [5.74, 6) is 0.546. The fraction of sp³-hybridized carbons (Fsp3) is 0.267. The first kappa shape index (κ1) is 24.2. The van der Waals surface area contributed by atoms with Crippen LogP contribution in [0.25, 0.3) is 21.9 Å². The van der Waals surface area contributed by atoms with E-state index in [1.807, 2.05) is 60.7 Å². The van der Waals surface area contributed by atoms with Gasteiger partial charge in [-0.2, -0.15) is 0 Å². The van der Waals surface area contributed by atoms with E-state index in [0.29, 0.717) is 24.8 Å². The number of fused-ring (bicyclic) bond motifs is 2. The van der Waals surface area contributed by atoms with Crippen LogP contribution < -0.4 is 10.6 Å². The van der Waals surface area contributed by atoms with Crippen LogP contribution in [0.2, 0.25) is 0 Å². The van der Waals surface area contributed by atoms with E-state index in [1.54, 1.807) is 0 Å². The van der Waals surface area contributed by atoms with E-state index in [0.717, 1.165) is 65.9 Å². The Labute approximate surface area is 220 Å². The molecule has 0 aliphatic carbocycles. The highest BCUT2D eigenvalue weighted by molar-refractivity contribution is 5.97. The number of amides is 1. The summed E-state index contributed by atoms with van der Waals surface area (Å²) in [4.78, 5) is 23.0. The third-order valence-corrected chi connectivity index (χ3v) is 7.32. The van der Waals surface area contributed by atoms with Gasteiger partial charge in [0.15, 0.2) is 0 Å². The number of imidazole rings is 1. The number of H-pyrrole nitrogens is 1. The number of piperidine rings is 1. The topological polar surface area (TPSA) is 78.0 Å². The van der Waals surface area contributed by atoms with Crippen molar-refractivity contribution in [1.82, 2.24) is 24.8 Å². The van der Waals surface area contributed by atoms with E-state index in [2.05, 4.69) is 31.2 Å². The number of benzene rings is 3. The van der Waals surface area contributed by atoms with Gasteiger partial charge in [0, 0.05) is 43.1 Å². The molecule has 7 nitrogen and oxygen atoms in total. The minimum Gasteiger partial charge on any atom is -0.353 e. The Hall–Kier alpha value is -4.17. The SMILES string of the molecule is O=C(NCCN1CCC(Nc2nc3ccccc3n2Cc2ccc(F)cc2)CC1)c1cc2ccccc2[nH]1. The first-order chi connectivity index (χ1) is 18.6. The summed E-state index contributed by atoms with van der Waals surface area (Å²) in [5.41, 5.74) is 4.60. The van der Waals surface area contributed by atoms with E-state index >= 15 is 0 Å². The molecule has 0 atom stereocenters. The summed E-state index contributed by atoms with van der Waals surface area (Å²) in [7, 11) is 0. The molecular formula is C30H31FN6O. The van der Waals surface area contributed by atoms with Gasteiger partial charge in [-0.15, -0.1) is 0 Å². The van der Waals surface area contributed by atoms with Crippen molar-refractivity contribution in [3.05, 3.63) is 95.9 Å². The molecule has 3 heterocycles. The molecule has 3 aromatic carbocycles. The van der Waals surface area contributed by atoms with Gasteiger partial charge in [-0.25, -0.2) is 9.37 Å². The van der Waals surface area contributed by atoms with Gasteiger partial charge in [0.05, 0.1) is 17.6 Å². The van der Waals surface area contributed by atoms with Gasteiger partial charge >= 0.3 is 0 Å². The van der Waals surface area contributed by atoms with Gasteiger partial charge in [0.1, 0.15) is 11.5 Å². The minimum absolute atomic E-state index is 0.0715. The molecule has 38 heavy (non-hydrogen) atoms. The molecular weight excluding hydrogens is 479 g/mol. The van der Waals surface area contributed by atoms with Crippen LogP contribution in [0.3, 0.4) is 0 Å². The summed E-state index contributed by atoms with van der Waals surface area (Å²) in [6.07, 6.45) is 1.99. The number of para-hydroxylation sites is 3. The van der Waals surface area contributed by atoms with Crippen LogP contribution in [0.1, 0.15) is 28.9 Å². The molecule has 0 radical (unpaired) electrons. The molecule has 0 saturated carbocycles. The van der Waals surface area contributed by atoms with Gasteiger partial charge in [-0.05, 0) is 54.8 Å². The third kappa shape index (κ3) is 5.26. The Morgan fingerprint density at radius 1 is 1.00 bits per heavy atom. The quantitative estimate of drug-likeness (QED) is 0.274. The van der Waals surface area contributed by atoms with Crippen molar-refractivity contribution in [3.8, 4) is 0 Å². The molecule has 1 fully saturated rings. The van der Waals surface area contributed by atoms with Gasteiger partial charge in [0.2, 0.25) is 5.95 Å². The van der Waals surface area contributed by atoms with Crippen molar-refractivity contribution in [2.45, 2.75) is 25.4 Å². The summed E-state index contributed by atoms with van der Waals surface area (Å²) in [6, 6.07) is 24.9. The number of carbonyl (C=O) groups is 1. The Morgan fingerprint density at radius 3 is 2.58 bits per heavy atom. The van der Waals surface area contributed by atoms with Crippen molar-refractivity contribution in [3.63, 3.8) is 0 Å². The van der Waals surface area contributed by atoms with Crippen LogP contribution in [0, 0.1) is 5.82 Å². The first-order valence-electron chi connectivity index (χ1n) is 13.2. The van der Waals surface area contributed by atoms with Gasteiger partial charge < -0.3 is 25.1 Å². The highest BCUT2D eigenvalue weighted by Gasteiger charge is 2.21. The summed E-state index contributed by atoms with van der Waals surface area (Å²) in [6.45, 7) is 3.97. The maximum atomic E-state index is 13.4. The molecule has 0 unspecified atom stereocenters. The zero-order valence-corrected chi connectivity index (χ0v) is 21.2. The van der Waals surface area contributed by atoms with Gasteiger partial charge in [0.25, 0.3) is 5.91 Å². The number of nitrogens with one attached hydrogen (secondary N) is 3. The van der Waals surface area contributed by atoms with Crippen LogP contribution in [-0.2, 0) is 6.54 Å². The van der Waals surface area contributed by atoms with Crippen LogP contribution in [-0.4, -0.2) is 57.6 Å². The number of nitrogens with zero attached hydrogens (tertiary/aromatic N) is 3. The lowest BCUT2D eigenvalue weighted by atomic mass is 10.1. The largest absolute Gasteiger partial charge is 0.353 e. The average Bonchev–Trinajstić information content (AvgIpc) is 3.53. The molecule has 1 aliphatic rings. The number of hydrogen-bond donors (Lipinski definition) is 3. The minimum atomic E-state index is -0.230. The molecule has 8 heteroatoms. The smallest absolute Gasteiger partial charge is 0.267 e. The van der Waals surface area contributed by atoms with Crippen molar-refractivity contribution in [2.75, 3.05) is 31.5 Å². The summed E-state index contributed by atoms with van der Waals surface area (Å²) < 4.78 is 15.6. The molecule has 1 aliphatic heterocycles. The van der Waals surface area contributed by atoms with Crippen molar-refractivity contribution >= 4 is 33.8 Å². The zero-order chi connectivity index (χ0) is 25.9. The lowest BCUT2D eigenvalue weighted by Gasteiger charge is -2.32. The predicted molar refractivity (Wildman–Crippen MR) is 149 cm³/mol. The monoisotopic (exact) mass is 510 g/mol.